The van der Waals surface area contributed by atoms with Crippen LogP contribution in [-0.2, 0) is 11.2 Å². The van der Waals surface area contributed by atoms with E-state index >= 15 is 0 Å². The third kappa shape index (κ3) is 3.97. The van der Waals surface area contributed by atoms with Gasteiger partial charge in [-0.1, -0.05) is 43.3 Å². The van der Waals surface area contributed by atoms with Crippen LogP contribution in [0.15, 0.2) is 48.5 Å². The van der Waals surface area contributed by atoms with E-state index in [0.29, 0.717) is 17.4 Å². The average Bonchev–Trinajstić information content (AvgIpc) is 3.03. The van der Waals surface area contributed by atoms with E-state index in [0.717, 1.165) is 4.90 Å². The minimum atomic E-state index is -3.22. The van der Waals surface area contributed by atoms with Crippen LogP contribution in [0.5, 0.6) is 11.5 Å². The van der Waals surface area contributed by atoms with Crippen LogP contribution in [0.4, 0.5) is 14.5 Å². The van der Waals surface area contributed by atoms with E-state index in [2.05, 4.69) is 0 Å². The molecule has 1 aliphatic rings. The van der Waals surface area contributed by atoms with Gasteiger partial charge in [0.15, 0.2) is 0 Å². The van der Waals surface area contributed by atoms with E-state index in [4.69, 9.17) is 14.6 Å². The Hall–Kier alpha value is -4.01. The third-order valence-electron chi connectivity index (χ3n) is 5.16. The van der Waals surface area contributed by atoms with Crippen LogP contribution < -0.4 is 14.4 Å². The van der Waals surface area contributed by atoms with E-state index in [1.165, 1.54) is 30.3 Å². The van der Waals surface area contributed by atoms with E-state index in [-0.39, 0.29) is 46.7 Å². The van der Waals surface area contributed by atoms with Crippen LogP contribution in [0.3, 0.4) is 0 Å². The van der Waals surface area contributed by atoms with Crippen LogP contribution in [0, 0.1) is 0 Å². The number of imide groups is 1. The number of carbonyl (C=O) groups excluding carboxylic acids is 2. The van der Waals surface area contributed by atoms with E-state index < -0.39 is 24.4 Å². The summed E-state index contributed by atoms with van der Waals surface area (Å²) in [6.07, 6.45) is 0.393. The largest absolute Gasteiger partial charge is 0.492 e. The first kappa shape index (κ1) is 22.2. The number of amides is 2. The number of ether oxygens (including phenoxy) is 2. The van der Waals surface area contributed by atoms with Crippen LogP contribution in [-0.4, -0.2) is 36.1 Å². The molecule has 3 aromatic rings. The molecule has 0 aliphatic carbocycles. The lowest BCUT2D eigenvalue weighted by molar-refractivity contribution is -0.136. The predicted octanol–water partition coefficient (Wildman–Crippen LogP) is 4.66. The summed E-state index contributed by atoms with van der Waals surface area (Å²) in [5.41, 5.74) is 0.211. The molecule has 0 fully saturated rings. The van der Waals surface area contributed by atoms with Crippen LogP contribution in [0.1, 0.15) is 39.6 Å². The van der Waals surface area contributed by atoms with Gasteiger partial charge in [0.1, 0.15) is 11.5 Å². The Labute approximate surface area is 187 Å². The maximum Gasteiger partial charge on any atom is 0.387 e. The topological polar surface area (TPSA) is 93.1 Å². The molecule has 1 heterocycles. The number of aliphatic carboxylic acids is 1. The number of carbonyl (C=O) groups is 3. The predicted molar refractivity (Wildman–Crippen MR) is 115 cm³/mol. The van der Waals surface area contributed by atoms with Crippen molar-refractivity contribution >= 4 is 34.2 Å². The molecule has 33 heavy (non-hydrogen) atoms. The summed E-state index contributed by atoms with van der Waals surface area (Å²) in [6.45, 7) is -1.10. The Morgan fingerprint density at radius 3 is 2.09 bits per heavy atom. The normalized spacial score (nSPS) is 13.0. The number of hydrogen-bond acceptors (Lipinski definition) is 5. The van der Waals surface area contributed by atoms with Gasteiger partial charge in [-0.3, -0.25) is 14.4 Å². The number of rotatable bonds is 8. The van der Waals surface area contributed by atoms with Gasteiger partial charge in [0.2, 0.25) is 0 Å². The zero-order valence-electron chi connectivity index (χ0n) is 17.5. The molecule has 0 saturated heterocycles. The molecule has 0 bridgehead atoms. The molecule has 7 nitrogen and oxygen atoms in total. The summed E-state index contributed by atoms with van der Waals surface area (Å²) in [7, 11) is 0. The van der Waals surface area contributed by atoms with Gasteiger partial charge in [0.05, 0.1) is 29.8 Å². The first-order valence-corrected chi connectivity index (χ1v) is 10.2. The number of nitrogens with zero attached hydrogens (tertiary/aromatic N) is 1. The van der Waals surface area contributed by atoms with Crippen LogP contribution in [0.2, 0.25) is 0 Å². The van der Waals surface area contributed by atoms with Gasteiger partial charge in [-0.2, -0.15) is 8.78 Å². The third-order valence-corrected chi connectivity index (χ3v) is 5.16. The summed E-state index contributed by atoms with van der Waals surface area (Å²) in [5.74, 6) is -2.85. The number of alkyl halides is 2. The quantitative estimate of drug-likeness (QED) is 0.497. The van der Waals surface area contributed by atoms with Crippen molar-refractivity contribution in [3.8, 4) is 11.5 Å². The Balaban J connectivity index is 1.91. The average molecular weight is 455 g/mol. The number of carboxylic acid groups (broad SMARTS) is 1. The fourth-order valence-corrected chi connectivity index (χ4v) is 3.84. The Kier molecular flexibility index (Phi) is 5.95. The molecule has 0 radical (unpaired) electrons. The molecule has 3 aromatic carbocycles. The van der Waals surface area contributed by atoms with Crippen molar-refractivity contribution in [2.24, 2.45) is 0 Å². The smallest absolute Gasteiger partial charge is 0.387 e. The SMILES string of the molecule is CCCOc1c2c(c(OC(F)F)c3ccccc13)C(=O)N(c1ccc(CC(=O)O)cc1)C2=O. The highest BCUT2D eigenvalue weighted by molar-refractivity contribution is 6.38. The van der Waals surface area contributed by atoms with Gasteiger partial charge in [0, 0.05) is 10.8 Å². The van der Waals surface area contributed by atoms with Gasteiger partial charge in [-0.15, -0.1) is 0 Å². The summed E-state index contributed by atoms with van der Waals surface area (Å²) >= 11 is 0. The fraction of sp³-hybridized carbons (Fsp3) is 0.208. The summed E-state index contributed by atoms with van der Waals surface area (Å²) in [6, 6.07) is 12.2. The van der Waals surface area contributed by atoms with Gasteiger partial charge >= 0.3 is 12.6 Å². The fourth-order valence-electron chi connectivity index (χ4n) is 3.84. The Bertz CT molecular complexity index is 1260. The molecular formula is C24H19F2NO6. The minimum Gasteiger partial charge on any atom is -0.492 e. The molecule has 0 atom stereocenters. The zero-order chi connectivity index (χ0) is 23.7. The summed E-state index contributed by atoms with van der Waals surface area (Å²) in [4.78, 5) is 38.6. The van der Waals surface area contributed by atoms with Crippen molar-refractivity contribution in [1.29, 1.82) is 0 Å². The van der Waals surface area contributed by atoms with Gasteiger partial charge in [-0.25, -0.2) is 4.90 Å². The summed E-state index contributed by atoms with van der Waals surface area (Å²) in [5, 5.41) is 9.54. The highest BCUT2D eigenvalue weighted by Gasteiger charge is 2.44. The second-order valence-electron chi connectivity index (χ2n) is 7.36. The zero-order valence-corrected chi connectivity index (χ0v) is 17.5. The van der Waals surface area contributed by atoms with Gasteiger partial charge in [-0.05, 0) is 24.1 Å². The van der Waals surface area contributed by atoms with E-state index in [1.807, 2.05) is 6.92 Å². The highest BCUT2D eigenvalue weighted by Crippen LogP contribution is 2.46. The second kappa shape index (κ2) is 8.85. The second-order valence-corrected chi connectivity index (χ2v) is 7.36. The van der Waals surface area contributed by atoms with Gasteiger partial charge in [0.25, 0.3) is 11.8 Å². The number of hydrogen-bond donors (Lipinski definition) is 1. The number of halogens is 2. The molecule has 0 spiro atoms. The van der Waals surface area contributed by atoms with Gasteiger partial charge < -0.3 is 14.6 Å². The molecule has 0 saturated carbocycles. The minimum absolute atomic E-state index is 0.132. The Morgan fingerprint density at radius 2 is 1.55 bits per heavy atom. The van der Waals surface area contributed by atoms with Crippen molar-refractivity contribution in [3.05, 3.63) is 65.2 Å². The van der Waals surface area contributed by atoms with E-state index in [1.54, 1.807) is 18.2 Å². The van der Waals surface area contributed by atoms with E-state index in [9.17, 15) is 23.2 Å². The maximum atomic E-state index is 13.4. The standard InChI is InChI=1S/C24H19F2NO6/c1-2-11-32-20-15-5-3-4-6-16(15)21(33-24(25)26)19-18(20)22(30)27(23(19)31)14-9-7-13(8-10-14)12-17(28)29/h3-10,24H,2,11-12H2,1H3,(H,28,29). The lowest BCUT2D eigenvalue weighted by Crippen LogP contribution is -2.29. The monoisotopic (exact) mass is 455 g/mol. The number of benzene rings is 3. The number of anilines is 1. The molecular weight excluding hydrogens is 436 g/mol. The lowest BCUT2D eigenvalue weighted by atomic mass is 9.99. The number of carboxylic acids is 1. The van der Waals surface area contributed by atoms with Crippen molar-refractivity contribution in [1.82, 2.24) is 0 Å². The number of fused-ring (bicyclic) bond motifs is 2. The molecule has 0 aromatic heterocycles. The highest BCUT2D eigenvalue weighted by atomic mass is 19.3. The summed E-state index contributed by atoms with van der Waals surface area (Å²) < 4.78 is 37.2. The van der Waals surface area contributed by atoms with Crippen molar-refractivity contribution in [2.45, 2.75) is 26.4 Å². The maximum absolute atomic E-state index is 13.4. The van der Waals surface area contributed by atoms with Crippen molar-refractivity contribution in [3.63, 3.8) is 0 Å². The molecule has 9 heteroatoms. The first-order chi connectivity index (χ1) is 15.8. The molecule has 2 amide bonds. The lowest BCUT2D eigenvalue weighted by Gasteiger charge is -2.16. The van der Waals surface area contributed by atoms with Crippen molar-refractivity contribution in [2.75, 3.05) is 11.5 Å². The van der Waals surface area contributed by atoms with Crippen LogP contribution in [0.25, 0.3) is 10.8 Å². The van der Waals surface area contributed by atoms with Crippen molar-refractivity contribution < 1.29 is 37.7 Å². The Morgan fingerprint density at radius 1 is 0.970 bits per heavy atom. The molecule has 170 valence electrons. The molecule has 4 rings (SSSR count). The molecule has 1 N–H and O–H groups in total. The van der Waals surface area contributed by atoms with Crippen LogP contribution >= 0.6 is 0 Å². The molecule has 0 unspecified atom stereocenters. The molecule has 1 aliphatic heterocycles. The first-order valence-electron chi connectivity index (χ1n) is 10.2.